The molecule has 2 aromatic rings. The van der Waals surface area contributed by atoms with Crippen LogP contribution in [-0.2, 0) is 0 Å². The number of aromatic nitrogens is 1. The van der Waals surface area contributed by atoms with E-state index in [2.05, 4.69) is 10.3 Å². The Bertz CT molecular complexity index is 736. The molecule has 0 aliphatic carbocycles. The van der Waals surface area contributed by atoms with Crippen LogP contribution in [0, 0.1) is 17.0 Å². The van der Waals surface area contributed by atoms with E-state index < -0.39 is 10.8 Å². The predicted octanol–water partition coefficient (Wildman–Crippen LogP) is 1.84. The number of carbonyl (C=O) groups is 1. The van der Waals surface area contributed by atoms with Crippen molar-refractivity contribution in [1.29, 1.82) is 0 Å². The van der Waals surface area contributed by atoms with Gasteiger partial charge in [-0.2, -0.15) is 0 Å². The molecule has 102 valence electrons. The molecule has 0 radical (unpaired) electrons. The number of H-pyrrole nitrogens is 1. The summed E-state index contributed by atoms with van der Waals surface area (Å²) in [4.78, 5) is 35.6. The van der Waals surface area contributed by atoms with Crippen LogP contribution in [0.4, 0.5) is 11.4 Å². The first kappa shape index (κ1) is 13.5. The average molecular weight is 273 g/mol. The Morgan fingerprint density at radius 2 is 2.05 bits per heavy atom. The first-order chi connectivity index (χ1) is 9.47. The highest BCUT2D eigenvalue weighted by atomic mass is 16.6. The summed E-state index contributed by atoms with van der Waals surface area (Å²) < 4.78 is 0. The summed E-state index contributed by atoms with van der Waals surface area (Å²) in [5, 5.41) is 13.2. The lowest BCUT2D eigenvalue weighted by Crippen LogP contribution is -2.16. The molecule has 0 aliphatic rings. The van der Waals surface area contributed by atoms with Crippen molar-refractivity contribution in [2.75, 3.05) is 5.32 Å². The topological polar surface area (TPSA) is 105 Å². The van der Waals surface area contributed by atoms with Crippen LogP contribution in [-0.4, -0.2) is 15.8 Å². The molecule has 7 nitrogen and oxygen atoms in total. The fraction of sp³-hybridized carbons (Fsp3) is 0.0769. The predicted molar refractivity (Wildman–Crippen MR) is 72.8 cm³/mol. The van der Waals surface area contributed by atoms with Gasteiger partial charge in [0.2, 0.25) is 5.56 Å². The molecule has 0 aliphatic heterocycles. The Labute approximate surface area is 113 Å². The second-order valence-electron chi connectivity index (χ2n) is 4.15. The number of hydrogen-bond donors (Lipinski definition) is 2. The molecule has 0 atom stereocenters. The third kappa shape index (κ3) is 2.89. The number of rotatable bonds is 3. The van der Waals surface area contributed by atoms with Crippen molar-refractivity contribution in [3.8, 4) is 0 Å². The minimum Gasteiger partial charge on any atom is -0.329 e. The first-order valence-corrected chi connectivity index (χ1v) is 5.72. The maximum absolute atomic E-state index is 11.9. The molecule has 20 heavy (non-hydrogen) atoms. The summed E-state index contributed by atoms with van der Waals surface area (Å²) in [5.74, 6) is -0.451. The number of nitro groups is 1. The fourth-order valence-corrected chi connectivity index (χ4v) is 1.68. The van der Waals surface area contributed by atoms with E-state index >= 15 is 0 Å². The largest absolute Gasteiger partial charge is 0.329 e. The van der Waals surface area contributed by atoms with E-state index in [-0.39, 0.29) is 16.8 Å². The van der Waals surface area contributed by atoms with Crippen LogP contribution in [0.3, 0.4) is 0 Å². The maximum Gasteiger partial charge on any atom is 0.269 e. The summed E-state index contributed by atoms with van der Waals surface area (Å²) in [7, 11) is 0. The number of pyridine rings is 1. The Kier molecular flexibility index (Phi) is 3.60. The summed E-state index contributed by atoms with van der Waals surface area (Å²) in [6.45, 7) is 1.65. The Balaban J connectivity index is 2.24. The van der Waals surface area contributed by atoms with Gasteiger partial charge in [0.1, 0.15) is 0 Å². The molecule has 2 N–H and O–H groups in total. The van der Waals surface area contributed by atoms with Crippen molar-refractivity contribution < 1.29 is 9.72 Å². The van der Waals surface area contributed by atoms with Gasteiger partial charge in [-0.25, -0.2) is 0 Å². The monoisotopic (exact) mass is 273 g/mol. The number of hydrogen-bond acceptors (Lipinski definition) is 4. The van der Waals surface area contributed by atoms with Crippen molar-refractivity contribution in [2.45, 2.75) is 6.92 Å². The molecule has 1 aromatic carbocycles. The van der Waals surface area contributed by atoms with Crippen LogP contribution in [0.5, 0.6) is 0 Å². The summed E-state index contributed by atoms with van der Waals surface area (Å²) in [6, 6.07) is 6.78. The summed E-state index contributed by atoms with van der Waals surface area (Å²) in [6.07, 6.45) is 1.37. The van der Waals surface area contributed by atoms with Crippen LogP contribution >= 0.6 is 0 Å². The van der Waals surface area contributed by atoms with Crippen LogP contribution in [0.25, 0.3) is 0 Å². The van der Waals surface area contributed by atoms with E-state index in [1.54, 1.807) is 6.92 Å². The molecule has 0 saturated heterocycles. The van der Waals surface area contributed by atoms with Crippen molar-refractivity contribution in [3.63, 3.8) is 0 Å². The number of aromatic amines is 1. The Morgan fingerprint density at radius 1 is 1.30 bits per heavy atom. The average Bonchev–Trinajstić information content (AvgIpc) is 2.40. The van der Waals surface area contributed by atoms with Gasteiger partial charge in [-0.3, -0.25) is 19.7 Å². The molecule has 0 fully saturated rings. The van der Waals surface area contributed by atoms with E-state index in [0.29, 0.717) is 11.3 Å². The van der Waals surface area contributed by atoms with Gasteiger partial charge in [0.05, 0.1) is 4.92 Å². The zero-order valence-corrected chi connectivity index (χ0v) is 10.5. The first-order valence-electron chi connectivity index (χ1n) is 5.72. The van der Waals surface area contributed by atoms with E-state index in [1.807, 2.05) is 0 Å². The van der Waals surface area contributed by atoms with Gasteiger partial charge in [0.25, 0.3) is 11.6 Å². The van der Waals surface area contributed by atoms with E-state index in [1.165, 1.54) is 36.5 Å². The van der Waals surface area contributed by atoms with E-state index in [9.17, 15) is 19.7 Å². The summed E-state index contributed by atoms with van der Waals surface area (Å²) in [5.41, 5.74) is 0.819. The highest BCUT2D eigenvalue weighted by Crippen LogP contribution is 2.21. The third-order valence-electron chi connectivity index (χ3n) is 2.71. The van der Waals surface area contributed by atoms with Crippen molar-refractivity contribution >= 4 is 17.3 Å². The van der Waals surface area contributed by atoms with Gasteiger partial charge in [-0.05, 0) is 24.6 Å². The Hall–Kier alpha value is -2.96. The molecule has 1 heterocycles. The van der Waals surface area contributed by atoms with Crippen LogP contribution in [0.1, 0.15) is 15.9 Å². The normalized spacial score (nSPS) is 10.1. The molecule has 2 rings (SSSR count). The molecule has 7 heteroatoms. The third-order valence-corrected chi connectivity index (χ3v) is 2.71. The highest BCUT2D eigenvalue weighted by molar-refractivity contribution is 6.04. The number of benzene rings is 1. The van der Waals surface area contributed by atoms with Crippen molar-refractivity contribution in [1.82, 2.24) is 4.98 Å². The van der Waals surface area contributed by atoms with E-state index in [0.717, 1.165) is 0 Å². The molecular weight excluding hydrogens is 262 g/mol. The molecule has 0 saturated carbocycles. The van der Waals surface area contributed by atoms with Gasteiger partial charge >= 0.3 is 0 Å². The van der Waals surface area contributed by atoms with Gasteiger partial charge < -0.3 is 10.3 Å². The second-order valence-corrected chi connectivity index (χ2v) is 4.15. The number of carbonyl (C=O) groups excluding carboxylic acids is 1. The quantitative estimate of drug-likeness (QED) is 0.657. The van der Waals surface area contributed by atoms with Crippen LogP contribution in [0.15, 0.2) is 41.3 Å². The molecule has 1 aromatic heterocycles. The molecule has 1 amide bonds. The number of nitro benzene ring substituents is 1. The smallest absolute Gasteiger partial charge is 0.269 e. The minimum absolute atomic E-state index is 0.0448. The molecule has 0 bridgehead atoms. The fourth-order valence-electron chi connectivity index (χ4n) is 1.68. The molecular formula is C13H11N3O4. The number of nitrogens with zero attached hydrogens (tertiary/aromatic N) is 1. The number of nitrogens with one attached hydrogen (secondary N) is 2. The maximum atomic E-state index is 11.9. The highest BCUT2D eigenvalue weighted by Gasteiger charge is 2.11. The van der Waals surface area contributed by atoms with Gasteiger partial charge in [-0.15, -0.1) is 0 Å². The lowest BCUT2D eigenvalue weighted by Gasteiger charge is -2.07. The van der Waals surface area contributed by atoms with Crippen LogP contribution in [0.2, 0.25) is 0 Å². The minimum atomic E-state index is -0.505. The van der Waals surface area contributed by atoms with Crippen molar-refractivity contribution in [2.24, 2.45) is 0 Å². The lowest BCUT2D eigenvalue weighted by atomic mass is 10.1. The zero-order chi connectivity index (χ0) is 14.7. The SMILES string of the molecule is Cc1cc([N+](=O)[O-])ccc1NC(=O)c1cc[nH]c(=O)c1. The van der Waals surface area contributed by atoms with Gasteiger partial charge in [0.15, 0.2) is 0 Å². The zero-order valence-electron chi connectivity index (χ0n) is 10.5. The number of non-ortho nitro benzene ring substituents is 1. The second kappa shape index (κ2) is 5.35. The Morgan fingerprint density at radius 3 is 2.65 bits per heavy atom. The van der Waals surface area contributed by atoms with Gasteiger partial charge in [0, 0.05) is 35.6 Å². The number of aryl methyl sites for hydroxylation is 1. The standard InChI is InChI=1S/C13H11N3O4/c1-8-6-10(16(19)20)2-3-11(8)15-13(18)9-4-5-14-12(17)7-9/h2-7H,1H3,(H,14,17)(H,15,18). The molecule has 0 unspecified atom stereocenters. The van der Waals surface area contributed by atoms with Crippen molar-refractivity contribution in [3.05, 3.63) is 68.1 Å². The number of amides is 1. The van der Waals surface area contributed by atoms with Crippen LogP contribution < -0.4 is 10.9 Å². The van der Waals surface area contributed by atoms with Gasteiger partial charge in [-0.1, -0.05) is 0 Å². The molecule has 0 spiro atoms. The summed E-state index contributed by atoms with van der Waals surface area (Å²) >= 11 is 0. The van der Waals surface area contributed by atoms with E-state index in [4.69, 9.17) is 0 Å². The number of anilines is 1. The lowest BCUT2D eigenvalue weighted by molar-refractivity contribution is -0.384.